The summed E-state index contributed by atoms with van der Waals surface area (Å²) in [5.74, 6) is -1.14. The van der Waals surface area contributed by atoms with E-state index in [1.807, 2.05) is 4.98 Å². The summed E-state index contributed by atoms with van der Waals surface area (Å²) in [6.45, 7) is 0. The lowest BCUT2D eigenvalue weighted by Crippen LogP contribution is -2.23. The highest BCUT2D eigenvalue weighted by atomic mass is 16.3. The Balaban J connectivity index is 1.97. The number of carbonyl (C=O) groups excluding carboxylic acids is 1. The second kappa shape index (κ2) is 5.30. The van der Waals surface area contributed by atoms with Gasteiger partial charge in [-0.15, -0.1) is 0 Å². The number of aromatic amines is 2. The maximum atomic E-state index is 12.2. The molecule has 116 valence electrons. The number of carbonyl (C=O) groups is 1. The van der Waals surface area contributed by atoms with Crippen molar-refractivity contribution in [2.45, 2.75) is 0 Å². The maximum absolute atomic E-state index is 12.2. The number of aromatic nitrogens is 4. The van der Waals surface area contributed by atoms with Crippen molar-refractivity contribution in [1.29, 1.82) is 0 Å². The summed E-state index contributed by atoms with van der Waals surface area (Å²) >= 11 is 0. The van der Waals surface area contributed by atoms with Gasteiger partial charge in [-0.1, -0.05) is 6.07 Å². The summed E-state index contributed by atoms with van der Waals surface area (Å²) in [5.41, 5.74) is -1.03. The van der Waals surface area contributed by atoms with Crippen LogP contribution in [0.3, 0.4) is 0 Å². The molecule has 2 aromatic heterocycles. The third-order valence-corrected chi connectivity index (χ3v) is 3.10. The fourth-order valence-corrected chi connectivity index (χ4v) is 1.99. The number of nitrogens with zero attached hydrogens (tertiary/aromatic N) is 2. The number of phenolic OH excluding ortho intramolecular Hbond substituents is 2. The first-order valence-corrected chi connectivity index (χ1v) is 6.40. The van der Waals surface area contributed by atoms with Crippen LogP contribution >= 0.6 is 0 Å². The number of nitrogens with one attached hydrogen (secondary N) is 2. The van der Waals surface area contributed by atoms with Gasteiger partial charge in [-0.3, -0.25) is 24.1 Å². The largest absolute Gasteiger partial charge is 0.504 e. The molecule has 23 heavy (non-hydrogen) atoms. The van der Waals surface area contributed by atoms with Crippen LogP contribution in [0.5, 0.6) is 11.5 Å². The van der Waals surface area contributed by atoms with Gasteiger partial charge in [0.2, 0.25) is 0 Å². The Labute approximate surface area is 127 Å². The molecule has 0 aliphatic rings. The lowest BCUT2D eigenvalue weighted by Gasteiger charge is -1.99. The van der Waals surface area contributed by atoms with E-state index in [0.29, 0.717) is 5.56 Å². The van der Waals surface area contributed by atoms with Crippen molar-refractivity contribution in [2.24, 2.45) is 0 Å². The Morgan fingerprint density at radius 2 is 1.96 bits per heavy atom. The number of phenols is 2. The van der Waals surface area contributed by atoms with Crippen LogP contribution in [0.15, 0.2) is 40.2 Å². The van der Waals surface area contributed by atoms with E-state index in [1.165, 1.54) is 30.4 Å². The van der Waals surface area contributed by atoms with Crippen molar-refractivity contribution < 1.29 is 15.0 Å². The molecule has 0 saturated carbocycles. The van der Waals surface area contributed by atoms with Gasteiger partial charge in [0.05, 0.1) is 0 Å². The summed E-state index contributed by atoms with van der Waals surface area (Å²) in [5, 5.41) is 18.6. The molecule has 0 aliphatic carbocycles. The number of H-pyrrole nitrogens is 2. The van der Waals surface area contributed by atoms with Crippen molar-refractivity contribution >= 4 is 23.1 Å². The lowest BCUT2D eigenvalue weighted by molar-refractivity contribution is 0.0973. The van der Waals surface area contributed by atoms with Crippen LogP contribution in [0, 0.1) is 0 Å². The number of fused-ring (bicyclic) bond motifs is 1. The first-order valence-electron chi connectivity index (χ1n) is 6.40. The number of allylic oxidation sites excluding steroid dienone is 1. The molecule has 3 aromatic rings. The standard InChI is InChI=1S/C14H10N4O5/c19-8-3-1-7(5-9(8)20)2-4-10(21)18-6-15-11-12(18)16-14(23)17-13(11)22/h1-6,19-20H,(H2,16,17,22,23). The quantitative estimate of drug-likeness (QED) is 0.393. The minimum Gasteiger partial charge on any atom is -0.504 e. The van der Waals surface area contributed by atoms with Gasteiger partial charge in [0.15, 0.2) is 22.7 Å². The summed E-state index contributed by atoms with van der Waals surface area (Å²) in [6, 6.07) is 4.05. The summed E-state index contributed by atoms with van der Waals surface area (Å²) < 4.78 is 1.02. The SMILES string of the molecule is O=C(C=Cc1ccc(O)c(O)c1)n1cnc2c(=O)[nH]c(=O)[nH]c21. The van der Waals surface area contributed by atoms with Crippen LogP contribution in [0.25, 0.3) is 17.2 Å². The van der Waals surface area contributed by atoms with E-state index in [1.54, 1.807) is 0 Å². The first kappa shape index (κ1) is 14.3. The molecule has 0 saturated heterocycles. The number of rotatable bonds is 2. The zero-order valence-electron chi connectivity index (χ0n) is 11.5. The molecule has 3 rings (SSSR count). The zero-order chi connectivity index (χ0) is 16.6. The molecule has 2 heterocycles. The molecule has 0 aliphatic heterocycles. The fraction of sp³-hybridized carbons (Fsp3) is 0. The smallest absolute Gasteiger partial charge is 0.327 e. The average Bonchev–Trinajstić information content (AvgIpc) is 2.92. The Bertz CT molecular complexity index is 1060. The van der Waals surface area contributed by atoms with E-state index in [-0.39, 0.29) is 22.7 Å². The average molecular weight is 314 g/mol. The molecular weight excluding hydrogens is 304 g/mol. The minimum absolute atomic E-state index is 0.0121. The van der Waals surface area contributed by atoms with E-state index in [9.17, 15) is 24.6 Å². The molecular formula is C14H10N4O5. The minimum atomic E-state index is -0.746. The molecule has 0 amide bonds. The van der Waals surface area contributed by atoms with Gasteiger partial charge in [0, 0.05) is 6.08 Å². The molecule has 1 aromatic carbocycles. The molecule has 4 N–H and O–H groups in total. The molecule has 0 radical (unpaired) electrons. The Morgan fingerprint density at radius 3 is 2.70 bits per heavy atom. The molecule has 0 bridgehead atoms. The van der Waals surface area contributed by atoms with E-state index in [2.05, 4.69) is 9.97 Å². The summed E-state index contributed by atoms with van der Waals surface area (Å²) in [7, 11) is 0. The monoisotopic (exact) mass is 314 g/mol. The lowest BCUT2D eigenvalue weighted by atomic mass is 10.2. The van der Waals surface area contributed by atoms with Crippen LogP contribution < -0.4 is 11.2 Å². The van der Waals surface area contributed by atoms with E-state index < -0.39 is 17.2 Å². The predicted molar refractivity (Wildman–Crippen MR) is 80.4 cm³/mol. The number of benzene rings is 1. The normalized spacial score (nSPS) is 11.3. The van der Waals surface area contributed by atoms with Gasteiger partial charge in [0.25, 0.3) is 11.5 Å². The summed E-state index contributed by atoms with van der Waals surface area (Å²) in [6.07, 6.45) is 3.70. The van der Waals surface area contributed by atoms with Crippen molar-refractivity contribution in [3.8, 4) is 11.5 Å². The van der Waals surface area contributed by atoms with Crippen molar-refractivity contribution in [2.75, 3.05) is 0 Å². The summed E-state index contributed by atoms with van der Waals surface area (Å²) in [4.78, 5) is 43.1. The Kier molecular flexibility index (Phi) is 3.30. The van der Waals surface area contributed by atoms with Gasteiger partial charge in [-0.25, -0.2) is 9.78 Å². The fourth-order valence-electron chi connectivity index (χ4n) is 1.99. The van der Waals surface area contributed by atoms with Gasteiger partial charge in [0.1, 0.15) is 6.33 Å². The van der Waals surface area contributed by atoms with E-state index in [4.69, 9.17) is 0 Å². The van der Waals surface area contributed by atoms with Crippen LogP contribution in [0.4, 0.5) is 0 Å². The van der Waals surface area contributed by atoms with E-state index in [0.717, 1.165) is 10.9 Å². The van der Waals surface area contributed by atoms with Crippen LogP contribution in [0.2, 0.25) is 0 Å². The Hall–Kier alpha value is -3.62. The first-order chi connectivity index (χ1) is 11.0. The highest BCUT2D eigenvalue weighted by Gasteiger charge is 2.11. The van der Waals surface area contributed by atoms with Gasteiger partial charge in [-0.2, -0.15) is 0 Å². The second-order valence-electron chi connectivity index (χ2n) is 4.64. The third kappa shape index (κ3) is 2.62. The number of imidazole rings is 1. The van der Waals surface area contributed by atoms with Crippen molar-refractivity contribution in [3.63, 3.8) is 0 Å². The van der Waals surface area contributed by atoms with Crippen molar-refractivity contribution in [3.05, 3.63) is 57.0 Å². The zero-order valence-corrected chi connectivity index (χ0v) is 11.5. The molecule has 0 unspecified atom stereocenters. The molecule has 0 spiro atoms. The van der Waals surface area contributed by atoms with Crippen LogP contribution in [-0.4, -0.2) is 35.6 Å². The third-order valence-electron chi connectivity index (χ3n) is 3.10. The number of hydrogen-bond acceptors (Lipinski definition) is 6. The van der Waals surface area contributed by atoms with Crippen LogP contribution in [0.1, 0.15) is 10.4 Å². The van der Waals surface area contributed by atoms with Crippen molar-refractivity contribution in [1.82, 2.24) is 19.5 Å². The Morgan fingerprint density at radius 1 is 1.17 bits per heavy atom. The highest BCUT2D eigenvalue weighted by Crippen LogP contribution is 2.25. The predicted octanol–water partition coefficient (Wildman–Crippen LogP) is 0.178. The second-order valence-corrected chi connectivity index (χ2v) is 4.64. The molecule has 9 heteroatoms. The number of aromatic hydroxyl groups is 2. The number of hydrogen-bond donors (Lipinski definition) is 4. The molecule has 0 atom stereocenters. The highest BCUT2D eigenvalue weighted by molar-refractivity contribution is 5.98. The van der Waals surface area contributed by atoms with Gasteiger partial charge >= 0.3 is 5.69 Å². The maximum Gasteiger partial charge on any atom is 0.327 e. The van der Waals surface area contributed by atoms with Crippen LogP contribution in [-0.2, 0) is 0 Å². The van der Waals surface area contributed by atoms with Gasteiger partial charge < -0.3 is 10.2 Å². The molecule has 0 fully saturated rings. The van der Waals surface area contributed by atoms with Gasteiger partial charge in [-0.05, 0) is 23.8 Å². The topological polar surface area (TPSA) is 141 Å². The molecule has 9 nitrogen and oxygen atoms in total. The van der Waals surface area contributed by atoms with E-state index >= 15 is 0 Å².